The fourth-order valence-electron chi connectivity index (χ4n) is 3.38. The molecule has 2 aromatic carbocycles. The lowest BCUT2D eigenvalue weighted by molar-refractivity contribution is -0.384. The minimum Gasteiger partial charge on any atom is -0.369 e. The molecule has 0 aliphatic carbocycles. The number of anilines is 2. The fraction of sp³-hybridized carbons (Fsp3) is 0.238. The summed E-state index contributed by atoms with van der Waals surface area (Å²) in [4.78, 5) is 31.6. The Morgan fingerprint density at radius 2 is 1.77 bits per heavy atom. The number of hydrogen-bond donors (Lipinski definition) is 1. The highest BCUT2D eigenvalue weighted by Gasteiger charge is 2.20. The molecular formula is C21H21N5O3S. The number of thiazole rings is 1. The molecule has 8 nitrogen and oxygen atoms in total. The van der Waals surface area contributed by atoms with Crippen LogP contribution in [0.5, 0.6) is 0 Å². The van der Waals surface area contributed by atoms with Gasteiger partial charge in [-0.05, 0) is 12.1 Å². The molecule has 1 aliphatic rings. The Morgan fingerprint density at radius 1 is 1.07 bits per heavy atom. The van der Waals surface area contributed by atoms with E-state index in [-0.39, 0.29) is 11.6 Å². The number of hydrogen-bond acceptors (Lipinski definition) is 7. The number of aromatic nitrogens is 1. The van der Waals surface area contributed by atoms with Crippen molar-refractivity contribution in [3.8, 4) is 11.3 Å². The molecule has 1 fully saturated rings. The van der Waals surface area contributed by atoms with Gasteiger partial charge in [0, 0.05) is 54.9 Å². The van der Waals surface area contributed by atoms with E-state index in [9.17, 15) is 14.9 Å². The van der Waals surface area contributed by atoms with E-state index >= 15 is 0 Å². The van der Waals surface area contributed by atoms with Gasteiger partial charge in [0.15, 0.2) is 5.13 Å². The fourth-order valence-corrected chi connectivity index (χ4v) is 4.12. The first-order chi connectivity index (χ1) is 14.6. The second-order valence-corrected chi connectivity index (χ2v) is 7.85. The van der Waals surface area contributed by atoms with Crippen LogP contribution >= 0.6 is 11.3 Å². The van der Waals surface area contributed by atoms with E-state index < -0.39 is 4.92 Å². The number of piperazine rings is 1. The predicted octanol–water partition coefficient (Wildman–Crippen LogP) is 3.48. The van der Waals surface area contributed by atoms with E-state index in [1.54, 1.807) is 12.1 Å². The molecule has 1 aliphatic heterocycles. The van der Waals surface area contributed by atoms with E-state index in [1.165, 1.54) is 23.5 Å². The quantitative estimate of drug-likeness (QED) is 0.482. The Bertz CT molecular complexity index is 1010. The van der Waals surface area contributed by atoms with Gasteiger partial charge in [-0.25, -0.2) is 4.98 Å². The minimum atomic E-state index is -0.397. The molecule has 1 saturated heterocycles. The van der Waals surface area contributed by atoms with Crippen LogP contribution in [0.4, 0.5) is 16.5 Å². The molecule has 30 heavy (non-hydrogen) atoms. The molecule has 4 rings (SSSR count). The maximum Gasteiger partial charge on any atom is 0.269 e. The maximum absolute atomic E-state index is 12.4. The van der Waals surface area contributed by atoms with Gasteiger partial charge < -0.3 is 10.2 Å². The summed E-state index contributed by atoms with van der Waals surface area (Å²) in [7, 11) is 0. The first-order valence-corrected chi connectivity index (χ1v) is 10.5. The number of rotatable bonds is 6. The van der Waals surface area contributed by atoms with Crippen molar-refractivity contribution in [2.24, 2.45) is 0 Å². The van der Waals surface area contributed by atoms with Crippen LogP contribution in [0, 0.1) is 10.1 Å². The highest BCUT2D eigenvalue weighted by Crippen LogP contribution is 2.25. The van der Waals surface area contributed by atoms with Crippen LogP contribution in [-0.2, 0) is 4.79 Å². The summed E-state index contributed by atoms with van der Waals surface area (Å²) in [5.74, 6) is -0.0762. The van der Waals surface area contributed by atoms with Crippen molar-refractivity contribution in [3.05, 3.63) is 70.1 Å². The number of nitrogens with one attached hydrogen (secondary N) is 1. The Hall–Kier alpha value is -3.30. The van der Waals surface area contributed by atoms with Gasteiger partial charge in [-0.15, -0.1) is 11.3 Å². The standard InChI is InChI=1S/C21H21N5O3S/c27-20(23-21-22-19(15-30-21)16-4-2-1-3-5-16)14-24-10-12-25(13-11-24)17-6-8-18(9-7-17)26(28)29/h1-9,15H,10-14H2,(H,22,23,27). The highest BCUT2D eigenvalue weighted by molar-refractivity contribution is 7.14. The molecule has 154 valence electrons. The number of carbonyl (C=O) groups is 1. The van der Waals surface area contributed by atoms with Crippen LogP contribution in [0.25, 0.3) is 11.3 Å². The zero-order chi connectivity index (χ0) is 20.9. The number of nitro benzene ring substituents is 1. The molecule has 0 saturated carbocycles. The number of carbonyl (C=O) groups excluding carboxylic acids is 1. The molecule has 0 radical (unpaired) electrons. The molecule has 0 spiro atoms. The van der Waals surface area contributed by atoms with Crippen LogP contribution in [0.2, 0.25) is 0 Å². The first-order valence-electron chi connectivity index (χ1n) is 9.61. The van der Waals surface area contributed by atoms with Gasteiger partial charge in [-0.2, -0.15) is 0 Å². The Kier molecular flexibility index (Phi) is 6.01. The summed E-state index contributed by atoms with van der Waals surface area (Å²) in [5, 5.41) is 16.2. The molecular weight excluding hydrogens is 402 g/mol. The summed E-state index contributed by atoms with van der Waals surface area (Å²) in [5.41, 5.74) is 2.93. The SMILES string of the molecule is O=C(CN1CCN(c2ccc([N+](=O)[O-])cc2)CC1)Nc1nc(-c2ccccc2)cs1. The van der Waals surface area contributed by atoms with Crippen molar-refractivity contribution in [1.82, 2.24) is 9.88 Å². The normalized spacial score (nSPS) is 14.5. The summed E-state index contributed by atoms with van der Waals surface area (Å²) in [6, 6.07) is 16.4. The highest BCUT2D eigenvalue weighted by atomic mass is 32.1. The second kappa shape index (κ2) is 9.02. The van der Waals surface area contributed by atoms with Crippen LogP contribution in [0.1, 0.15) is 0 Å². The smallest absolute Gasteiger partial charge is 0.269 e. The van der Waals surface area contributed by atoms with Gasteiger partial charge >= 0.3 is 0 Å². The van der Waals surface area contributed by atoms with Crippen LogP contribution in [0.3, 0.4) is 0 Å². The number of non-ortho nitro benzene ring substituents is 1. The van der Waals surface area contributed by atoms with E-state index in [2.05, 4.69) is 20.1 Å². The van der Waals surface area contributed by atoms with Gasteiger partial charge in [0.05, 0.1) is 17.2 Å². The third kappa shape index (κ3) is 4.81. The van der Waals surface area contributed by atoms with Gasteiger partial charge in [-0.1, -0.05) is 30.3 Å². The van der Waals surface area contributed by atoms with Crippen LogP contribution in [-0.4, -0.2) is 53.4 Å². The van der Waals surface area contributed by atoms with Crippen molar-refractivity contribution >= 4 is 33.8 Å². The van der Waals surface area contributed by atoms with Gasteiger partial charge in [0.1, 0.15) is 0 Å². The monoisotopic (exact) mass is 423 g/mol. The molecule has 1 aromatic heterocycles. The van der Waals surface area contributed by atoms with Crippen molar-refractivity contribution in [1.29, 1.82) is 0 Å². The third-order valence-corrected chi connectivity index (χ3v) is 5.74. The molecule has 9 heteroatoms. The van der Waals surface area contributed by atoms with Crippen LogP contribution < -0.4 is 10.2 Å². The molecule has 0 bridgehead atoms. The zero-order valence-corrected chi connectivity index (χ0v) is 17.0. The predicted molar refractivity (Wildman–Crippen MR) is 118 cm³/mol. The zero-order valence-electron chi connectivity index (χ0n) is 16.2. The summed E-state index contributed by atoms with van der Waals surface area (Å²) in [6.45, 7) is 3.34. The molecule has 3 aromatic rings. The lowest BCUT2D eigenvalue weighted by atomic mass is 10.2. The third-order valence-electron chi connectivity index (χ3n) is 4.99. The van der Waals surface area contributed by atoms with E-state index in [0.29, 0.717) is 11.7 Å². The average Bonchev–Trinajstić information content (AvgIpc) is 3.23. The Balaban J connectivity index is 1.26. The number of benzene rings is 2. The van der Waals surface area contributed by atoms with Crippen molar-refractivity contribution in [3.63, 3.8) is 0 Å². The molecule has 0 atom stereocenters. The summed E-state index contributed by atoms with van der Waals surface area (Å²) < 4.78 is 0. The topological polar surface area (TPSA) is 91.6 Å². The van der Waals surface area contributed by atoms with Crippen molar-refractivity contribution in [2.45, 2.75) is 0 Å². The molecule has 1 amide bonds. The average molecular weight is 423 g/mol. The lowest BCUT2D eigenvalue weighted by Crippen LogP contribution is -2.48. The van der Waals surface area contributed by atoms with E-state index in [0.717, 1.165) is 43.1 Å². The molecule has 2 heterocycles. The summed E-state index contributed by atoms with van der Waals surface area (Å²) >= 11 is 1.42. The molecule has 1 N–H and O–H groups in total. The number of amides is 1. The second-order valence-electron chi connectivity index (χ2n) is 6.99. The van der Waals surface area contributed by atoms with Crippen molar-refractivity contribution in [2.75, 3.05) is 42.9 Å². The largest absolute Gasteiger partial charge is 0.369 e. The van der Waals surface area contributed by atoms with Gasteiger partial charge in [0.25, 0.3) is 5.69 Å². The lowest BCUT2D eigenvalue weighted by Gasteiger charge is -2.35. The number of nitrogens with zero attached hydrogens (tertiary/aromatic N) is 4. The maximum atomic E-state index is 12.4. The Morgan fingerprint density at radius 3 is 2.43 bits per heavy atom. The van der Waals surface area contributed by atoms with Gasteiger partial charge in [-0.3, -0.25) is 19.8 Å². The van der Waals surface area contributed by atoms with Gasteiger partial charge in [0.2, 0.25) is 5.91 Å². The first kappa shape index (κ1) is 20.0. The summed E-state index contributed by atoms with van der Waals surface area (Å²) in [6.07, 6.45) is 0. The Labute approximate surface area is 177 Å². The van der Waals surface area contributed by atoms with E-state index in [1.807, 2.05) is 35.7 Å². The minimum absolute atomic E-state index is 0.0762. The number of nitro groups is 1. The van der Waals surface area contributed by atoms with Crippen LogP contribution in [0.15, 0.2) is 60.0 Å². The van der Waals surface area contributed by atoms with E-state index in [4.69, 9.17) is 0 Å². The molecule has 0 unspecified atom stereocenters. The van der Waals surface area contributed by atoms with Crippen molar-refractivity contribution < 1.29 is 9.72 Å².